The minimum Gasteiger partial charge on any atom is -0.435 e. The lowest BCUT2D eigenvalue weighted by molar-refractivity contribution is -0.0498. The van der Waals surface area contributed by atoms with Crippen LogP contribution in [0.15, 0.2) is 48.5 Å². The number of ether oxygens (including phenoxy) is 1. The zero-order valence-electron chi connectivity index (χ0n) is 14.0. The molecule has 2 amide bonds. The maximum atomic E-state index is 13.9. The van der Waals surface area contributed by atoms with E-state index in [4.69, 9.17) is 0 Å². The van der Waals surface area contributed by atoms with Crippen LogP contribution in [0.25, 0.3) is 0 Å². The number of carbonyl (C=O) groups is 1. The van der Waals surface area contributed by atoms with E-state index in [9.17, 15) is 18.0 Å². The Morgan fingerprint density at radius 2 is 1.96 bits per heavy atom. The van der Waals surface area contributed by atoms with Crippen molar-refractivity contribution in [2.75, 3.05) is 0 Å². The van der Waals surface area contributed by atoms with Crippen molar-refractivity contribution in [2.45, 2.75) is 38.6 Å². The first-order valence-electron chi connectivity index (χ1n) is 8.34. The van der Waals surface area contributed by atoms with Crippen LogP contribution in [-0.4, -0.2) is 23.6 Å². The molecule has 4 nitrogen and oxygen atoms in total. The molecule has 2 aromatic rings. The van der Waals surface area contributed by atoms with Crippen LogP contribution < -0.4 is 10.1 Å². The van der Waals surface area contributed by atoms with Crippen molar-refractivity contribution in [3.63, 3.8) is 0 Å². The van der Waals surface area contributed by atoms with Gasteiger partial charge in [0.05, 0.1) is 6.54 Å². The third kappa shape index (κ3) is 4.91. The van der Waals surface area contributed by atoms with Crippen LogP contribution in [0.1, 0.15) is 24.0 Å². The Hall–Kier alpha value is -2.70. The Kier molecular flexibility index (Phi) is 5.65. The van der Waals surface area contributed by atoms with Crippen LogP contribution in [0.2, 0.25) is 0 Å². The fourth-order valence-electron chi connectivity index (χ4n) is 2.67. The van der Waals surface area contributed by atoms with E-state index in [1.54, 1.807) is 35.2 Å². The first-order chi connectivity index (χ1) is 12.5. The highest BCUT2D eigenvalue weighted by Gasteiger charge is 2.32. The largest absolute Gasteiger partial charge is 0.435 e. The minimum absolute atomic E-state index is 0.0390. The number of amides is 2. The Labute approximate surface area is 149 Å². The van der Waals surface area contributed by atoms with Crippen LogP contribution in [-0.2, 0) is 13.1 Å². The lowest BCUT2D eigenvalue weighted by atomic mass is 10.2. The third-order valence-corrected chi connectivity index (χ3v) is 4.11. The molecule has 0 saturated heterocycles. The number of benzene rings is 2. The van der Waals surface area contributed by atoms with Crippen molar-refractivity contribution in [1.82, 2.24) is 10.2 Å². The molecular formula is C19H19F3N2O2. The molecule has 2 aromatic carbocycles. The summed E-state index contributed by atoms with van der Waals surface area (Å²) in [5.41, 5.74) is 1.10. The van der Waals surface area contributed by atoms with E-state index in [-0.39, 0.29) is 36.7 Å². The number of nitrogens with one attached hydrogen (secondary N) is 1. The number of nitrogens with zero attached hydrogens (tertiary/aromatic N) is 1. The molecule has 0 atom stereocenters. The summed E-state index contributed by atoms with van der Waals surface area (Å²) < 4.78 is 42.8. The van der Waals surface area contributed by atoms with Gasteiger partial charge in [-0.3, -0.25) is 0 Å². The van der Waals surface area contributed by atoms with Crippen molar-refractivity contribution in [3.05, 3.63) is 65.5 Å². The molecule has 0 spiro atoms. The van der Waals surface area contributed by atoms with Gasteiger partial charge >= 0.3 is 12.6 Å². The monoisotopic (exact) mass is 364 g/mol. The van der Waals surface area contributed by atoms with Crippen LogP contribution in [0.4, 0.5) is 18.0 Å². The molecule has 3 rings (SSSR count). The van der Waals surface area contributed by atoms with Crippen LogP contribution in [0, 0.1) is 5.82 Å². The summed E-state index contributed by atoms with van der Waals surface area (Å²) >= 11 is 0. The average molecular weight is 364 g/mol. The standard InChI is InChI=1S/C19H19F3N2O2/c20-17-7-2-1-5-14(17)12-24(15-8-9-15)19(25)23-11-13-4-3-6-16(10-13)26-18(21)22/h1-7,10,15,18H,8-9,11-12H2,(H,23,25). The second-order valence-corrected chi connectivity index (χ2v) is 6.14. The molecule has 0 aromatic heterocycles. The molecule has 0 unspecified atom stereocenters. The van der Waals surface area contributed by atoms with Gasteiger partial charge in [-0.2, -0.15) is 8.78 Å². The molecule has 26 heavy (non-hydrogen) atoms. The van der Waals surface area contributed by atoms with Crippen molar-refractivity contribution in [3.8, 4) is 5.75 Å². The number of rotatable bonds is 7. The van der Waals surface area contributed by atoms with E-state index < -0.39 is 6.61 Å². The van der Waals surface area contributed by atoms with Gasteiger partial charge in [0.1, 0.15) is 11.6 Å². The van der Waals surface area contributed by atoms with E-state index in [1.807, 2.05) is 0 Å². The normalized spacial score (nSPS) is 13.5. The topological polar surface area (TPSA) is 41.6 Å². The molecule has 1 fully saturated rings. The van der Waals surface area contributed by atoms with Gasteiger partial charge < -0.3 is 15.0 Å². The number of urea groups is 1. The Bertz CT molecular complexity index is 766. The summed E-state index contributed by atoms with van der Waals surface area (Å²) in [4.78, 5) is 14.1. The fraction of sp³-hybridized carbons (Fsp3) is 0.316. The molecule has 1 N–H and O–H groups in total. The summed E-state index contributed by atoms with van der Waals surface area (Å²) in [5, 5.41) is 2.76. The first kappa shape index (κ1) is 18.1. The van der Waals surface area contributed by atoms with Crippen molar-refractivity contribution < 1.29 is 22.7 Å². The fourth-order valence-corrected chi connectivity index (χ4v) is 2.67. The van der Waals surface area contributed by atoms with Crippen molar-refractivity contribution in [2.24, 2.45) is 0 Å². The van der Waals surface area contributed by atoms with Gasteiger partial charge in [0.2, 0.25) is 0 Å². The quantitative estimate of drug-likeness (QED) is 0.796. The summed E-state index contributed by atoms with van der Waals surface area (Å²) in [6.07, 6.45) is 1.78. The molecule has 7 heteroatoms. The zero-order valence-corrected chi connectivity index (χ0v) is 14.0. The lowest BCUT2D eigenvalue weighted by Crippen LogP contribution is -2.40. The van der Waals surface area contributed by atoms with Gasteiger partial charge in [-0.05, 0) is 36.6 Å². The lowest BCUT2D eigenvalue weighted by Gasteiger charge is -2.23. The summed E-state index contributed by atoms with van der Waals surface area (Å²) in [6.45, 7) is -2.54. The second kappa shape index (κ2) is 8.12. The van der Waals surface area contributed by atoms with E-state index in [0.717, 1.165) is 12.8 Å². The Balaban J connectivity index is 1.61. The van der Waals surface area contributed by atoms with Crippen LogP contribution >= 0.6 is 0 Å². The van der Waals surface area contributed by atoms with Gasteiger partial charge in [-0.25, -0.2) is 9.18 Å². The predicted molar refractivity (Wildman–Crippen MR) is 90.3 cm³/mol. The van der Waals surface area contributed by atoms with Gasteiger partial charge in [-0.15, -0.1) is 0 Å². The average Bonchev–Trinajstić information content (AvgIpc) is 3.44. The van der Waals surface area contributed by atoms with Gasteiger partial charge in [-0.1, -0.05) is 30.3 Å². The molecule has 138 valence electrons. The molecule has 0 radical (unpaired) electrons. The summed E-state index contributed by atoms with van der Waals surface area (Å²) in [7, 11) is 0. The number of hydrogen-bond donors (Lipinski definition) is 1. The van der Waals surface area contributed by atoms with Crippen molar-refractivity contribution in [1.29, 1.82) is 0 Å². The smallest absolute Gasteiger partial charge is 0.387 e. The Morgan fingerprint density at radius 3 is 2.65 bits per heavy atom. The highest BCUT2D eigenvalue weighted by Crippen LogP contribution is 2.29. The van der Waals surface area contributed by atoms with E-state index >= 15 is 0 Å². The van der Waals surface area contributed by atoms with Crippen LogP contribution in [0.3, 0.4) is 0 Å². The van der Waals surface area contributed by atoms with E-state index in [2.05, 4.69) is 10.1 Å². The molecular weight excluding hydrogens is 345 g/mol. The number of halogens is 3. The van der Waals surface area contributed by atoms with Gasteiger partial charge in [0, 0.05) is 18.2 Å². The molecule has 0 bridgehead atoms. The van der Waals surface area contributed by atoms with Gasteiger partial charge in [0.15, 0.2) is 0 Å². The summed E-state index contributed by atoms with van der Waals surface area (Å²) in [5.74, 6) is -0.306. The molecule has 1 saturated carbocycles. The molecule has 1 aliphatic rings. The first-order valence-corrected chi connectivity index (χ1v) is 8.34. The highest BCUT2D eigenvalue weighted by atomic mass is 19.3. The number of carbonyl (C=O) groups excluding carboxylic acids is 1. The molecule has 0 heterocycles. The SMILES string of the molecule is O=C(NCc1cccc(OC(F)F)c1)N(Cc1ccccc1F)C1CC1. The van der Waals surface area contributed by atoms with E-state index in [1.165, 1.54) is 18.2 Å². The van der Waals surface area contributed by atoms with Crippen LogP contribution in [0.5, 0.6) is 5.75 Å². The molecule has 0 aliphatic heterocycles. The third-order valence-electron chi connectivity index (χ3n) is 4.11. The Morgan fingerprint density at radius 1 is 1.19 bits per heavy atom. The van der Waals surface area contributed by atoms with Crippen molar-refractivity contribution >= 4 is 6.03 Å². The maximum Gasteiger partial charge on any atom is 0.387 e. The summed E-state index contributed by atoms with van der Waals surface area (Å²) in [6, 6.07) is 12.3. The minimum atomic E-state index is -2.90. The number of hydrogen-bond acceptors (Lipinski definition) is 2. The second-order valence-electron chi connectivity index (χ2n) is 6.14. The van der Waals surface area contributed by atoms with E-state index in [0.29, 0.717) is 11.1 Å². The maximum absolute atomic E-state index is 13.9. The highest BCUT2D eigenvalue weighted by molar-refractivity contribution is 5.75. The zero-order chi connectivity index (χ0) is 18.5. The number of alkyl halides is 2. The predicted octanol–water partition coefficient (Wildman–Crippen LogP) is 4.30. The van der Waals surface area contributed by atoms with Gasteiger partial charge in [0.25, 0.3) is 0 Å². The molecule has 1 aliphatic carbocycles.